The smallest absolute Gasteiger partial charge is 0.134 e. The second-order valence-corrected chi connectivity index (χ2v) is 5.88. The molecule has 1 aromatic heterocycles. The molecule has 0 atom stereocenters. The first kappa shape index (κ1) is 12.8. The summed E-state index contributed by atoms with van der Waals surface area (Å²) in [6, 6.07) is 16.0. The Morgan fingerprint density at radius 2 is 1.95 bits per heavy atom. The lowest BCUT2D eigenvalue weighted by atomic mass is 10.2. The van der Waals surface area contributed by atoms with Crippen molar-refractivity contribution < 1.29 is 4.42 Å². The molecule has 0 aliphatic heterocycles. The molecule has 0 saturated heterocycles. The van der Waals surface area contributed by atoms with Gasteiger partial charge in [-0.2, -0.15) is 0 Å². The van der Waals surface area contributed by atoms with Crippen molar-refractivity contribution in [3.8, 4) is 0 Å². The minimum atomic E-state index is 0.620. The van der Waals surface area contributed by atoms with Crippen molar-refractivity contribution >= 4 is 50.8 Å². The van der Waals surface area contributed by atoms with Crippen LogP contribution in [0.3, 0.4) is 0 Å². The number of halogens is 2. The number of rotatable bonds is 3. The van der Waals surface area contributed by atoms with Crippen LogP contribution in [0.1, 0.15) is 5.76 Å². The van der Waals surface area contributed by atoms with E-state index < -0.39 is 0 Å². The SMILES string of the molecule is Clc1cc(I)ccc1NCc1cc2ccccc2o1. The van der Waals surface area contributed by atoms with Gasteiger partial charge in [0.25, 0.3) is 0 Å². The molecule has 0 saturated carbocycles. The number of para-hydroxylation sites is 1. The van der Waals surface area contributed by atoms with Gasteiger partial charge in [0.15, 0.2) is 0 Å². The number of fused-ring (bicyclic) bond motifs is 1. The van der Waals surface area contributed by atoms with E-state index >= 15 is 0 Å². The largest absolute Gasteiger partial charge is 0.459 e. The fourth-order valence-corrected chi connectivity index (χ4v) is 2.86. The first-order valence-corrected chi connectivity index (χ1v) is 7.34. The van der Waals surface area contributed by atoms with E-state index in [9.17, 15) is 0 Å². The van der Waals surface area contributed by atoms with Gasteiger partial charge in [0.2, 0.25) is 0 Å². The maximum atomic E-state index is 6.18. The van der Waals surface area contributed by atoms with Gasteiger partial charge in [0.1, 0.15) is 11.3 Å². The Morgan fingerprint density at radius 1 is 1.11 bits per heavy atom. The highest BCUT2D eigenvalue weighted by Crippen LogP contribution is 2.25. The Morgan fingerprint density at radius 3 is 2.74 bits per heavy atom. The Balaban J connectivity index is 1.78. The minimum Gasteiger partial charge on any atom is -0.459 e. The van der Waals surface area contributed by atoms with Crippen LogP contribution in [0.2, 0.25) is 5.02 Å². The van der Waals surface area contributed by atoms with Gasteiger partial charge in [-0.3, -0.25) is 0 Å². The zero-order chi connectivity index (χ0) is 13.2. The fourth-order valence-electron chi connectivity index (χ4n) is 1.94. The maximum absolute atomic E-state index is 6.18. The van der Waals surface area contributed by atoms with Crippen molar-refractivity contribution in [1.29, 1.82) is 0 Å². The van der Waals surface area contributed by atoms with E-state index in [1.807, 2.05) is 48.5 Å². The van der Waals surface area contributed by atoms with Crippen LogP contribution in [-0.4, -0.2) is 0 Å². The molecule has 1 N–H and O–H groups in total. The lowest BCUT2D eigenvalue weighted by Gasteiger charge is -2.06. The molecule has 0 unspecified atom stereocenters. The predicted molar refractivity (Wildman–Crippen MR) is 87.7 cm³/mol. The van der Waals surface area contributed by atoms with Crippen molar-refractivity contribution in [2.45, 2.75) is 6.54 Å². The maximum Gasteiger partial charge on any atom is 0.134 e. The molecular formula is C15H11ClINO. The minimum absolute atomic E-state index is 0.620. The van der Waals surface area contributed by atoms with Gasteiger partial charge < -0.3 is 9.73 Å². The van der Waals surface area contributed by atoms with Gasteiger partial charge in [0, 0.05) is 8.96 Å². The number of benzene rings is 2. The molecule has 0 fully saturated rings. The first-order chi connectivity index (χ1) is 9.22. The molecule has 0 aliphatic carbocycles. The quantitative estimate of drug-likeness (QED) is 0.621. The highest BCUT2D eigenvalue weighted by molar-refractivity contribution is 14.1. The van der Waals surface area contributed by atoms with Crippen LogP contribution >= 0.6 is 34.2 Å². The molecule has 3 aromatic rings. The molecule has 96 valence electrons. The second-order valence-electron chi connectivity index (χ2n) is 4.23. The lowest BCUT2D eigenvalue weighted by molar-refractivity contribution is 0.559. The second kappa shape index (κ2) is 5.43. The van der Waals surface area contributed by atoms with E-state index in [1.54, 1.807) is 0 Å². The van der Waals surface area contributed by atoms with Crippen molar-refractivity contribution in [3.05, 3.63) is 62.9 Å². The average molecular weight is 384 g/mol. The summed E-state index contributed by atoms with van der Waals surface area (Å²) >= 11 is 8.42. The van der Waals surface area contributed by atoms with Crippen molar-refractivity contribution in [2.24, 2.45) is 0 Å². The van der Waals surface area contributed by atoms with E-state index in [0.29, 0.717) is 6.54 Å². The van der Waals surface area contributed by atoms with E-state index in [2.05, 4.69) is 27.9 Å². The lowest BCUT2D eigenvalue weighted by Crippen LogP contribution is -1.98. The van der Waals surface area contributed by atoms with E-state index in [0.717, 1.165) is 31.0 Å². The summed E-state index contributed by atoms with van der Waals surface area (Å²) in [6.07, 6.45) is 0. The first-order valence-electron chi connectivity index (χ1n) is 5.89. The molecule has 19 heavy (non-hydrogen) atoms. The highest BCUT2D eigenvalue weighted by atomic mass is 127. The Labute approximate surface area is 129 Å². The molecular weight excluding hydrogens is 373 g/mol. The summed E-state index contributed by atoms with van der Waals surface area (Å²) in [5.41, 5.74) is 1.83. The third kappa shape index (κ3) is 2.87. The molecule has 0 spiro atoms. The van der Waals surface area contributed by atoms with Crippen LogP contribution in [0.5, 0.6) is 0 Å². The van der Waals surface area contributed by atoms with Gasteiger partial charge in [-0.1, -0.05) is 29.8 Å². The van der Waals surface area contributed by atoms with Gasteiger partial charge in [0.05, 0.1) is 17.3 Å². The molecule has 3 rings (SSSR count). The van der Waals surface area contributed by atoms with Crippen molar-refractivity contribution in [1.82, 2.24) is 0 Å². The molecule has 0 amide bonds. The Hall–Kier alpha value is -1.20. The summed E-state index contributed by atoms with van der Waals surface area (Å²) in [5.74, 6) is 0.899. The number of nitrogens with one attached hydrogen (secondary N) is 1. The number of hydrogen-bond acceptors (Lipinski definition) is 2. The number of hydrogen-bond donors (Lipinski definition) is 1. The molecule has 2 nitrogen and oxygen atoms in total. The van der Waals surface area contributed by atoms with E-state index in [-0.39, 0.29) is 0 Å². The Kier molecular flexibility index (Phi) is 3.66. The van der Waals surface area contributed by atoms with Crippen LogP contribution in [-0.2, 0) is 6.54 Å². The highest BCUT2D eigenvalue weighted by Gasteiger charge is 2.04. The standard InChI is InChI=1S/C15H11ClINO/c16-13-8-11(17)5-6-14(13)18-9-12-7-10-3-1-2-4-15(10)19-12/h1-8,18H,9H2. The fraction of sp³-hybridized carbons (Fsp3) is 0.0667. The summed E-state index contributed by atoms with van der Waals surface area (Å²) < 4.78 is 6.87. The molecule has 0 bridgehead atoms. The third-order valence-electron chi connectivity index (χ3n) is 2.86. The van der Waals surface area contributed by atoms with Crippen LogP contribution in [0, 0.1) is 3.57 Å². The topological polar surface area (TPSA) is 25.2 Å². The number of anilines is 1. The zero-order valence-corrected chi connectivity index (χ0v) is 12.9. The molecule has 1 heterocycles. The molecule has 0 aliphatic rings. The number of furan rings is 1. The van der Waals surface area contributed by atoms with Crippen LogP contribution in [0.15, 0.2) is 52.9 Å². The Bertz CT molecular complexity index is 690. The van der Waals surface area contributed by atoms with Gasteiger partial charge >= 0.3 is 0 Å². The summed E-state index contributed by atoms with van der Waals surface area (Å²) in [4.78, 5) is 0. The van der Waals surface area contributed by atoms with Gasteiger partial charge in [-0.05, 0) is 52.9 Å². The molecule has 0 radical (unpaired) electrons. The molecule has 4 heteroatoms. The average Bonchev–Trinajstić information content (AvgIpc) is 2.80. The van der Waals surface area contributed by atoms with Gasteiger partial charge in [-0.25, -0.2) is 0 Å². The van der Waals surface area contributed by atoms with E-state index in [1.165, 1.54) is 0 Å². The van der Waals surface area contributed by atoms with Crippen molar-refractivity contribution in [2.75, 3.05) is 5.32 Å². The van der Waals surface area contributed by atoms with Crippen LogP contribution < -0.4 is 5.32 Å². The third-order valence-corrected chi connectivity index (χ3v) is 3.84. The summed E-state index contributed by atoms with van der Waals surface area (Å²) in [5, 5.41) is 5.13. The van der Waals surface area contributed by atoms with Crippen molar-refractivity contribution in [3.63, 3.8) is 0 Å². The van der Waals surface area contributed by atoms with Gasteiger partial charge in [-0.15, -0.1) is 0 Å². The summed E-state index contributed by atoms with van der Waals surface area (Å²) in [6.45, 7) is 0.620. The van der Waals surface area contributed by atoms with Crippen LogP contribution in [0.25, 0.3) is 11.0 Å². The summed E-state index contributed by atoms with van der Waals surface area (Å²) in [7, 11) is 0. The van der Waals surface area contributed by atoms with Crippen LogP contribution in [0.4, 0.5) is 5.69 Å². The normalized spacial score (nSPS) is 10.8. The zero-order valence-electron chi connectivity index (χ0n) is 9.99. The monoisotopic (exact) mass is 383 g/mol. The molecule has 2 aromatic carbocycles. The predicted octanol–water partition coefficient (Wildman–Crippen LogP) is 5.30. The van der Waals surface area contributed by atoms with E-state index in [4.69, 9.17) is 16.0 Å².